The summed E-state index contributed by atoms with van der Waals surface area (Å²) in [6.07, 6.45) is 2.32. The average molecular weight is 264 g/mol. The Kier molecular flexibility index (Phi) is 3.46. The minimum atomic E-state index is -0.852. The molecule has 5 nitrogen and oxygen atoms in total. The summed E-state index contributed by atoms with van der Waals surface area (Å²) < 4.78 is 10.6. The zero-order valence-corrected chi connectivity index (χ0v) is 10.9. The first-order valence-corrected chi connectivity index (χ1v) is 6.00. The Labute approximate surface area is 111 Å². The van der Waals surface area contributed by atoms with Crippen LogP contribution in [0.5, 0.6) is 11.5 Å². The van der Waals surface area contributed by atoms with Crippen LogP contribution < -0.4 is 9.47 Å². The van der Waals surface area contributed by atoms with Crippen molar-refractivity contribution in [3.63, 3.8) is 0 Å². The summed E-state index contributed by atoms with van der Waals surface area (Å²) in [6, 6.07) is 3.29. The van der Waals surface area contributed by atoms with Crippen molar-refractivity contribution in [2.75, 3.05) is 14.2 Å². The fourth-order valence-electron chi connectivity index (χ4n) is 2.43. The molecule has 0 heterocycles. The molecule has 0 spiro atoms. The summed E-state index contributed by atoms with van der Waals surface area (Å²) in [7, 11) is 3.01. The number of rotatable bonds is 6. The number of carboxylic acid groups (broad SMARTS) is 1. The van der Waals surface area contributed by atoms with Crippen LogP contribution in [-0.4, -0.2) is 31.6 Å². The van der Waals surface area contributed by atoms with Gasteiger partial charge in [-0.1, -0.05) is 0 Å². The molecule has 5 heteroatoms. The predicted octanol–water partition coefficient (Wildman–Crippen LogP) is 2.02. The normalized spacial score (nSPS) is 15.7. The van der Waals surface area contributed by atoms with Crippen molar-refractivity contribution in [3.8, 4) is 11.5 Å². The molecule has 1 aromatic carbocycles. The van der Waals surface area contributed by atoms with Crippen LogP contribution >= 0.6 is 0 Å². The molecule has 0 amide bonds. The molecule has 102 valence electrons. The molecule has 1 N–H and O–H groups in total. The fourth-order valence-corrected chi connectivity index (χ4v) is 2.43. The van der Waals surface area contributed by atoms with E-state index >= 15 is 0 Å². The number of carboxylic acids is 1. The van der Waals surface area contributed by atoms with E-state index in [1.165, 1.54) is 14.2 Å². The number of aliphatic carboxylic acids is 1. The molecule has 1 aliphatic rings. The number of aldehydes is 1. The van der Waals surface area contributed by atoms with Gasteiger partial charge in [0, 0.05) is 16.5 Å². The summed E-state index contributed by atoms with van der Waals surface area (Å²) in [5.74, 6) is 0.126. The smallest absolute Gasteiger partial charge is 0.304 e. The molecular weight excluding hydrogens is 248 g/mol. The summed E-state index contributed by atoms with van der Waals surface area (Å²) >= 11 is 0. The topological polar surface area (TPSA) is 72.8 Å². The Bertz CT molecular complexity index is 517. The van der Waals surface area contributed by atoms with Crippen LogP contribution in [0.15, 0.2) is 12.1 Å². The highest BCUT2D eigenvalue weighted by atomic mass is 16.5. The van der Waals surface area contributed by atoms with Gasteiger partial charge in [-0.05, 0) is 25.0 Å². The molecular formula is C14H16O5. The van der Waals surface area contributed by atoms with Crippen molar-refractivity contribution >= 4 is 12.3 Å². The Balaban J connectivity index is 2.54. The quantitative estimate of drug-likeness (QED) is 0.796. The maximum absolute atomic E-state index is 11.0. The lowest BCUT2D eigenvalue weighted by Gasteiger charge is -2.19. The molecule has 0 atom stereocenters. The van der Waals surface area contributed by atoms with Gasteiger partial charge in [-0.25, -0.2) is 0 Å². The van der Waals surface area contributed by atoms with Crippen molar-refractivity contribution in [3.05, 3.63) is 23.3 Å². The maximum atomic E-state index is 11.0. The molecule has 1 saturated carbocycles. The zero-order valence-electron chi connectivity index (χ0n) is 10.9. The van der Waals surface area contributed by atoms with E-state index in [0.717, 1.165) is 24.7 Å². The van der Waals surface area contributed by atoms with Crippen molar-refractivity contribution in [1.29, 1.82) is 0 Å². The fraction of sp³-hybridized carbons (Fsp3) is 0.429. The monoisotopic (exact) mass is 264 g/mol. The molecule has 0 aromatic heterocycles. The van der Waals surface area contributed by atoms with Crippen LogP contribution in [0.4, 0.5) is 0 Å². The number of methoxy groups -OCH3 is 2. The first-order chi connectivity index (χ1) is 9.06. The summed E-state index contributed by atoms with van der Waals surface area (Å²) in [5.41, 5.74) is 0.784. The van der Waals surface area contributed by atoms with Gasteiger partial charge in [-0.15, -0.1) is 0 Å². The van der Waals surface area contributed by atoms with Gasteiger partial charge in [0.2, 0.25) is 0 Å². The molecule has 0 bridgehead atoms. The van der Waals surface area contributed by atoms with Gasteiger partial charge in [0.15, 0.2) is 11.5 Å². The number of hydrogen-bond donors (Lipinski definition) is 1. The van der Waals surface area contributed by atoms with Gasteiger partial charge in [-0.3, -0.25) is 9.59 Å². The molecule has 19 heavy (non-hydrogen) atoms. The zero-order chi connectivity index (χ0) is 14.0. The van der Waals surface area contributed by atoms with Crippen LogP contribution in [0.3, 0.4) is 0 Å². The average Bonchev–Trinajstić information content (AvgIpc) is 3.16. The lowest BCUT2D eigenvalue weighted by atomic mass is 9.90. The predicted molar refractivity (Wildman–Crippen MR) is 68.1 cm³/mol. The van der Waals surface area contributed by atoms with Crippen molar-refractivity contribution in [1.82, 2.24) is 0 Å². The number of hydrogen-bond acceptors (Lipinski definition) is 4. The molecule has 1 aromatic rings. The van der Waals surface area contributed by atoms with Crippen LogP contribution in [0, 0.1) is 0 Å². The van der Waals surface area contributed by atoms with E-state index in [1.807, 2.05) is 0 Å². The lowest BCUT2D eigenvalue weighted by molar-refractivity contribution is -0.137. The standard InChI is InChI=1S/C14H16O5/c1-18-11-6-9(8-15)5-10(13(11)19-2)14(3-4-14)7-12(16)17/h5-6,8H,3-4,7H2,1-2H3,(H,16,17). The Morgan fingerprint density at radius 1 is 1.37 bits per heavy atom. The highest BCUT2D eigenvalue weighted by Gasteiger charge is 2.48. The lowest BCUT2D eigenvalue weighted by Crippen LogP contribution is -2.15. The SMILES string of the molecule is COc1cc(C=O)cc(C2(CC(=O)O)CC2)c1OC. The minimum Gasteiger partial charge on any atom is -0.493 e. The van der Waals surface area contributed by atoms with Crippen LogP contribution in [0.25, 0.3) is 0 Å². The van der Waals surface area contributed by atoms with Crippen LogP contribution in [0.1, 0.15) is 35.2 Å². The molecule has 0 aliphatic heterocycles. The summed E-state index contributed by atoms with van der Waals surface area (Å²) in [4.78, 5) is 22.0. The number of ether oxygens (including phenoxy) is 2. The second-order valence-electron chi connectivity index (χ2n) is 4.77. The third-order valence-electron chi connectivity index (χ3n) is 3.55. The molecule has 0 radical (unpaired) electrons. The van der Waals surface area contributed by atoms with Gasteiger partial charge in [0.05, 0.1) is 20.6 Å². The Morgan fingerprint density at radius 3 is 2.47 bits per heavy atom. The van der Waals surface area contributed by atoms with E-state index in [9.17, 15) is 9.59 Å². The second-order valence-corrected chi connectivity index (χ2v) is 4.77. The number of benzene rings is 1. The first-order valence-electron chi connectivity index (χ1n) is 6.00. The number of carbonyl (C=O) groups is 2. The third kappa shape index (κ3) is 2.41. The van der Waals surface area contributed by atoms with Gasteiger partial charge >= 0.3 is 5.97 Å². The molecule has 1 aliphatic carbocycles. The second kappa shape index (κ2) is 4.91. The van der Waals surface area contributed by atoms with Gasteiger partial charge < -0.3 is 14.6 Å². The van der Waals surface area contributed by atoms with Crippen LogP contribution in [0.2, 0.25) is 0 Å². The van der Waals surface area contributed by atoms with E-state index in [-0.39, 0.29) is 6.42 Å². The van der Waals surface area contributed by atoms with Gasteiger partial charge in [0.1, 0.15) is 6.29 Å². The van der Waals surface area contributed by atoms with Crippen LogP contribution in [-0.2, 0) is 10.2 Å². The molecule has 1 fully saturated rings. The maximum Gasteiger partial charge on any atom is 0.304 e. The molecule has 0 saturated heterocycles. The van der Waals surface area contributed by atoms with E-state index in [2.05, 4.69) is 0 Å². The van der Waals surface area contributed by atoms with Crippen molar-refractivity contribution < 1.29 is 24.2 Å². The van der Waals surface area contributed by atoms with Crippen molar-refractivity contribution in [2.24, 2.45) is 0 Å². The highest BCUT2D eigenvalue weighted by Crippen LogP contribution is 2.55. The highest BCUT2D eigenvalue weighted by molar-refractivity contribution is 5.79. The summed E-state index contributed by atoms with van der Waals surface area (Å²) in [5, 5.41) is 9.03. The van der Waals surface area contributed by atoms with E-state index in [4.69, 9.17) is 14.6 Å². The van der Waals surface area contributed by atoms with E-state index < -0.39 is 11.4 Å². The molecule has 0 unspecified atom stereocenters. The van der Waals surface area contributed by atoms with Gasteiger partial charge in [0.25, 0.3) is 0 Å². The Morgan fingerprint density at radius 2 is 2.05 bits per heavy atom. The van der Waals surface area contributed by atoms with Crippen molar-refractivity contribution in [2.45, 2.75) is 24.7 Å². The number of carbonyl (C=O) groups excluding carboxylic acids is 1. The van der Waals surface area contributed by atoms with E-state index in [1.54, 1.807) is 12.1 Å². The minimum absolute atomic E-state index is 0.0365. The largest absolute Gasteiger partial charge is 0.493 e. The van der Waals surface area contributed by atoms with E-state index in [0.29, 0.717) is 17.1 Å². The van der Waals surface area contributed by atoms with Gasteiger partial charge in [-0.2, -0.15) is 0 Å². The summed E-state index contributed by atoms with van der Waals surface area (Å²) in [6.45, 7) is 0. The molecule has 2 rings (SSSR count). The first kappa shape index (κ1) is 13.4. The third-order valence-corrected chi connectivity index (χ3v) is 3.55. The Hall–Kier alpha value is -2.04.